The van der Waals surface area contributed by atoms with Crippen molar-refractivity contribution < 1.29 is 27.5 Å². The van der Waals surface area contributed by atoms with Crippen LogP contribution >= 0.6 is 11.6 Å². The molecule has 1 aliphatic heterocycles. The maximum atomic E-state index is 12.7. The molecule has 1 atom stereocenters. The predicted octanol–water partition coefficient (Wildman–Crippen LogP) is 2.29. The predicted molar refractivity (Wildman–Crippen MR) is 104 cm³/mol. The second-order valence-corrected chi connectivity index (χ2v) is 8.42. The molecular formula is C18H17ClN2O6S. The molecular weight excluding hydrogens is 408 g/mol. The van der Waals surface area contributed by atoms with Gasteiger partial charge >= 0.3 is 5.97 Å². The number of esters is 1. The number of methoxy groups -OCH3 is 1. The summed E-state index contributed by atoms with van der Waals surface area (Å²) in [5.74, 6) is -0.875. The van der Waals surface area contributed by atoms with Gasteiger partial charge in [-0.05, 0) is 36.4 Å². The average Bonchev–Trinajstić information content (AvgIpc) is 2.65. The molecule has 0 spiro atoms. The van der Waals surface area contributed by atoms with Crippen molar-refractivity contribution >= 4 is 44.9 Å². The number of hydrogen-bond acceptors (Lipinski definition) is 6. The molecule has 3 rings (SSSR count). The minimum absolute atomic E-state index is 0.214. The summed E-state index contributed by atoms with van der Waals surface area (Å²) in [6, 6.07) is 10.7. The molecule has 0 saturated carbocycles. The van der Waals surface area contributed by atoms with Crippen molar-refractivity contribution in [3.05, 3.63) is 53.1 Å². The summed E-state index contributed by atoms with van der Waals surface area (Å²) in [5, 5.41) is 2.97. The van der Waals surface area contributed by atoms with Gasteiger partial charge in [0.25, 0.3) is 5.91 Å². The van der Waals surface area contributed by atoms with E-state index in [4.69, 9.17) is 16.3 Å². The van der Waals surface area contributed by atoms with E-state index in [1.54, 1.807) is 24.3 Å². The summed E-state index contributed by atoms with van der Waals surface area (Å²) in [6.45, 7) is -0.214. The average molecular weight is 425 g/mol. The monoisotopic (exact) mass is 424 g/mol. The van der Waals surface area contributed by atoms with Gasteiger partial charge in [-0.3, -0.25) is 9.10 Å². The molecule has 0 radical (unpaired) electrons. The highest BCUT2D eigenvalue weighted by atomic mass is 35.5. The number of sulfonamides is 1. The van der Waals surface area contributed by atoms with Crippen molar-refractivity contribution in [2.75, 3.05) is 29.5 Å². The summed E-state index contributed by atoms with van der Waals surface area (Å²) in [6.07, 6.45) is -0.0529. The number of rotatable bonds is 4. The van der Waals surface area contributed by atoms with Crippen LogP contribution in [0.3, 0.4) is 0 Å². The molecule has 0 bridgehead atoms. The van der Waals surface area contributed by atoms with Crippen LogP contribution in [0.25, 0.3) is 0 Å². The first kappa shape index (κ1) is 20.0. The standard InChI is InChI=1S/C18H17ClN2O6S/c1-26-18(23)11-4-3-5-13(8-11)20-17(22)16-10-21(28(2,24)25)14-9-12(19)6-7-15(14)27-16/h3-9,16H,10H2,1-2H3,(H,20,22). The lowest BCUT2D eigenvalue weighted by Gasteiger charge is -2.34. The molecule has 8 nitrogen and oxygen atoms in total. The van der Waals surface area contributed by atoms with Crippen LogP contribution in [-0.2, 0) is 19.6 Å². The third kappa shape index (κ3) is 4.20. The van der Waals surface area contributed by atoms with Crippen LogP contribution in [0.4, 0.5) is 11.4 Å². The van der Waals surface area contributed by atoms with E-state index in [1.807, 2.05) is 0 Å². The van der Waals surface area contributed by atoms with E-state index >= 15 is 0 Å². The Morgan fingerprint density at radius 3 is 2.68 bits per heavy atom. The number of ether oxygens (including phenoxy) is 2. The molecule has 0 fully saturated rings. The number of hydrogen-bond donors (Lipinski definition) is 1. The summed E-state index contributed by atoms with van der Waals surface area (Å²) in [7, 11) is -2.41. The first-order chi connectivity index (χ1) is 13.2. The van der Waals surface area contributed by atoms with Crippen LogP contribution in [0.1, 0.15) is 10.4 Å². The lowest BCUT2D eigenvalue weighted by molar-refractivity contribution is -0.122. The molecule has 1 aliphatic rings. The van der Waals surface area contributed by atoms with Crippen molar-refractivity contribution in [1.82, 2.24) is 0 Å². The van der Waals surface area contributed by atoms with Gasteiger partial charge in [-0.25, -0.2) is 13.2 Å². The molecule has 1 unspecified atom stereocenters. The minimum atomic E-state index is -3.66. The largest absolute Gasteiger partial charge is 0.476 e. The van der Waals surface area contributed by atoms with Crippen molar-refractivity contribution in [2.45, 2.75) is 6.10 Å². The van der Waals surface area contributed by atoms with Crippen LogP contribution in [0.5, 0.6) is 5.75 Å². The van der Waals surface area contributed by atoms with Gasteiger partial charge in [0, 0.05) is 10.7 Å². The molecule has 148 valence electrons. The number of amides is 1. The van der Waals surface area contributed by atoms with Gasteiger partial charge in [-0.2, -0.15) is 0 Å². The summed E-state index contributed by atoms with van der Waals surface area (Å²) >= 11 is 5.96. The zero-order valence-corrected chi connectivity index (χ0v) is 16.6. The Bertz CT molecular complexity index is 1040. The van der Waals surface area contributed by atoms with Crippen molar-refractivity contribution in [3.63, 3.8) is 0 Å². The van der Waals surface area contributed by atoms with Gasteiger partial charge in [-0.1, -0.05) is 17.7 Å². The number of nitrogens with zero attached hydrogens (tertiary/aromatic N) is 1. The first-order valence-electron chi connectivity index (χ1n) is 8.12. The topological polar surface area (TPSA) is 102 Å². The fourth-order valence-electron chi connectivity index (χ4n) is 2.74. The fraction of sp³-hybridized carbons (Fsp3) is 0.222. The molecule has 1 N–H and O–H groups in total. The van der Waals surface area contributed by atoms with Crippen LogP contribution in [0, 0.1) is 0 Å². The number of fused-ring (bicyclic) bond motifs is 1. The number of nitrogens with one attached hydrogen (secondary N) is 1. The van der Waals surface area contributed by atoms with Gasteiger partial charge in [0.15, 0.2) is 6.10 Å². The molecule has 0 aromatic heterocycles. The smallest absolute Gasteiger partial charge is 0.337 e. The van der Waals surface area contributed by atoms with Gasteiger partial charge < -0.3 is 14.8 Å². The second kappa shape index (κ2) is 7.69. The number of carbonyl (C=O) groups is 2. The molecule has 28 heavy (non-hydrogen) atoms. The van der Waals surface area contributed by atoms with E-state index < -0.39 is 28.0 Å². The molecule has 10 heteroatoms. The molecule has 0 aliphatic carbocycles. The first-order valence-corrected chi connectivity index (χ1v) is 10.3. The van der Waals surface area contributed by atoms with Crippen LogP contribution < -0.4 is 14.4 Å². The Morgan fingerprint density at radius 1 is 1.25 bits per heavy atom. The highest BCUT2D eigenvalue weighted by Crippen LogP contribution is 2.37. The van der Waals surface area contributed by atoms with Gasteiger partial charge in [0.2, 0.25) is 10.0 Å². The Morgan fingerprint density at radius 2 is 2.00 bits per heavy atom. The summed E-state index contributed by atoms with van der Waals surface area (Å²) < 4.78 is 35.8. The molecule has 1 amide bonds. The van der Waals surface area contributed by atoms with Gasteiger partial charge in [-0.15, -0.1) is 0 Å². The number of anilines is 2. The van der Waals surface area contributed by atoms with Gasteiger partial charge in [0.05, 0.1) is 31.2 Å². The van der Waals surface area contributed by atoms with Crippen LogP contribution in [-0.4, -0.2) is 46.3 Å². The van der Waals surface area contributed by atoms with E-state index in [2.05, 4.69) is 10.1 Å². The zero-order valence-electron chi connectivity index (χ0n) is 15.0. The van der Waals surface area contributed by atoms with Crippen molar-refractivity contribution in [1.29, 1.82) is 0 Å². The Kier molecular flexibility index (Phi) is 5.48. The van der Waals surface area contributed by atoms with E-state index in [0.29, 0.717) is 10.7 Å². The number of carbonyl (C=O) groups excluding carboxylic acids is 2. The van der Waals surface area contributed by atoms with Crippen molar-refractivity contribution in [3.8, 4) is 5.75 Å². The Balaban J connectivity index is 1.85. The third-order valence-corrected chi connectivity index (χ3v) is 5.42. The van der Waals surface area contributed by atoms with Gasteiger partial charge in [0.1, 0.15) is 5.75 Å². The second-order valence-electron chi connectivity index (χ2n) is 6.07. The quantitative estimate of drug-likeness (QED) is 0.755. The van der Waals surface area contributed by atoms with Crippen molar-refractivity contribution in [2.24, 2.45) is 0 Å². The molecule has 2 aromatic rings. The molecule has 1 heterocycles. The highest BCUT2D eigenvalue weighted by Gasteiger charge is 2.35. The lowest BCUT2D eigenvalue weighted by Crippen LogP contribution is -2.48. The van der Waals surface area contributed by atoms with Crippen LogP contribution in [0.2, 0.25) is 5.02 Å². The van der Waals surface area contributed by atoms with E-state index in [-0.39, 0.29) is 23.5 Å². The molecule has 0 saturated heterocycles. The van der Waals surface area contributed by atoms with E-state index in [0.717, 1.165) is 10.6 Å². The lowest BCUT2D eigenvalue weighted by atomic mass is 10.2. The summed E-state index contributed by atoms with van der Waals surface area (Å²) in [5.41, 5.74) is 0.888. The minimum Gasteiger partial charge on any atom is -0.476 e. The third-order valence-electron chi connectivity index (χ3n) is 4.03. The SMILES string of the molecule is COC(=O)c1cccc(NC(=O)C2CN(S(C)(=O)=O)c3cc(Cl)ccc3O2)c1. The zero-order chi connectivity index (χ0) is 20.5. The Hall–Kier alpha value is -2.78. The normalized spacial score (nSPS) is 16.0. The van der Waals surface area contributed by atoms with E-state index in [1.165, 1.54) is 25.3 Å². The maximum absolute atomic E-state index is 12.7. The molecule has 2 aromatic carbocycles. The van der Waals surface area contributed by atoms with E-state index in [9.17, 15) is 18.0 Å². The fourth-order valence-corrected chi connectivity index (χ4v) is 3.81. The maximum Gasteiger partial charge on any atom is 0.337 e. The summed E-state index contributed by atoms with van der Waals surface area (Å²) in [4.78, 5) is 24.3. The Labute approximate surface area is 167 Å². The number of benzene rings is 2. The number of halogens is 1. The highest BCUT2D eigenvalue weighted by molar-refractivity contribution is 7.92. The van der Waals surface area contributed by atoms with Crippen LogP contribution in [0.15, 0.2) is 42.5 Å².